The smallest absolute Gasteiger partial charge is 0.372 e. The van der Waals surface area contributed by atoms with E-state index in [9.17, 15) is 4.79 Å². The van der Waals surface area contributed by atoms with Gasteiger partial charge in [-0.05, 0) is 10.4 Å². The van der Waals surface area contributed by atoms with Crippen molar-refractivity contribution in [1.82, 2.24) is 20.2 Å². The van der Waals surface area contributed by atoms with Crippen molar-refractivity contribution >= 4 is 5.97 Å². The largest absolute Gasteiger partial charge is 0.459 e. The van der Waals surface area contributed by atoms with Gasteiger partial charge in [0.25, 0.3) is 0 Å². The van der Waals surface area contributed by atoms with Crippen LogP contribution in [0.25, 0.3) is 0 Å². The topological polar surface area (TPSA) is 94.0 Å². The molecule has 0 spiro atoms. The number of aliphatic hydroxyl groups excluding tert-OH is 1. The molecule has 0 fully saturated rings. The molecule has 0 bridgehead atoms. The van der Waals surface area contributed by atoms with Crippen molar-refractivity contribution in [3.05, 3.63) is 36.9 Å². The molecule has 19 heavy (non-hydrogen) atoms. The molecule has 2 aromatic rings. The van der Waals surface area contributed by atoms with Crippen LogP contribution in [0, 0.1) is 0 Å². The molecule has 0 amide bonds. The molecular weight excluding hydrogens is 250 g/mol. The van der Waals surface area contributed by atoms with Gasteiger partial charge in [0.15, 0.2) is 12.4 Å². The fourth-order valence-corrected chi connectivity index (χ4v) is 1.27. The van der Waals surface area contributed by atoms with Crippen molar-refractivity contribution < 1.29 is 19.2 Å². The number of nitrogens with zero attached hydrogens (tertiary/aromatic N) is 5. The van der Waals surface area contributed by atoms with Crippen molar-refractivity contribution in [3.8, 4) is 0 Å². The maximum atomic E-state index is 11.4. The predicted octanol–water partition coefficient (Wildman–Crippen LogP) is -1.19. The van der Waals surface area contributed by atoms with Gasteiger partial charge in [0.2, 0.25) is 6.54 Å². The minimum atomic E-state index is -0.283. The summed E-state index contributed by atoms with van der Waals surface area (Å²) in [5.41, 5.74) is 0. The van der Waals surface area contributed by atoms with E-state index in [1.807, 2.05) is 30.6 Å². The fourth-order valence-electron chi connectivity index (χ4n) is 1.27. The molecule has 0 aromatic carbocycles. The number of hydrogen-bond donors (Lipinski definition) is 1. The average molecular weight is 266 g/mol. The first-order valence-corrected chi connectivity index (χ1v) is 5.60. The lowest BCUT2D eigenvalue weighted by Crippen LogP contribution is -2.37. The number of carbonyl (C=O) groups is 1. The number of pyridine rings is 1. The Hall–Kier alpha value is -2.35. The fraction of sp³-hybridized carbons (Fsp3) is 0.364. The summed E-state index contributed by atoms with van der Waals surface area (Å²) < 4.78 is 8.30. The summed E-state index contributed by atoms with van der Waals surface area (Å²) >= 11 is 0. The van der Waals surface area contributed by atoms with Crippen LogP contribution in [-0.4, -0.2) is 45.0 Å². The third kappa shape index (κ3) is 5.68. The van der Waals surface area contributed by atoms with E-state index in [0.29, 0.717) is 6.54 Å². The second-order valence-corrected chi connectivity index (χ2v) is 3.34. The molecule has 0 radical (unpaired) electrons. The summed E-state index contributed by atoms with van der Waals surface area (Å²) in [5.74, 6) is -0.283. The average Bonchev–Trinajstić information content (AvgIpc) is 2.95. The molecule has 0 aliphatic heterocycles. The molecule has 2 rings (SSSR count). The van der Waals surface area contributed by atoms with Gasteiger partial charge in [0, 0.05) is 19.2 Å². The molecule has 8 heteroatoms. The normalized spacial score (nSPS) is 9.37. The third-order valence-electron chi connectivity index (χ3n) is 2.06. The number of hydrogen-bond acceptors (Lipinski definition) is 6. The van der Waals surface area contributed by atoms with Crippen LogP contribution >= 0.6 is 0 Å². The first-order chi connectivity index (χ1) is 9.34. The second-order valence-electron chi connectivity index (χ2n) is 3.34. The van der Waals surface area contributed by atoms with Gasteiger partial charge in [-0.1, -0.05) is 6.07 Å². The van der Waals surface area contributed by atoms with Crippen LogP contribution in [0.5, 0.6) is 0 Å². The van der Waals surface area contributed by atoms with E-state index in [1.165, 1.54) is 11.0 Å². The van der Waals surface area contributed by atoms with Gasteiger partial charge in [-0.3, -0.25) is 0 Å². The number of aromatic nitrogens is 5. The lowest BCUT2D eigenvalue weighted by Gasteiger charge is -2.01. The molecular formula is C11H16N5O3+. The number of ether oxygens (including phenoxy) is 1. The quantitative estimate of drug-likeness (QED) is 0.540. The number of aliphatic hydroxyl groups is 1. The Morgan fingerprint density at radius 2 is 2.05 bits per heavy atom. The number of esters is 1. The highest BCUT2D eigenvalue weighted by Crippen LogP contribution is 1.84. The monoisotopic (exact) mass is 266 g/mol. The Bertz CT molecular complexity index is 460. The van der Waals surface area contributed by atoms with Crippen LogP contribution in [0.1, 0.15) is 0 Å². The zero-order chi connectivity index (χ0) is 13.9. The SMILES string of the molecule is CO.O=C(C[n+]1ccccc1)OCCn1cnnn1. The van der Waals surface area contributed by atoms with Crippen LogP contribution < -0.4 is 4.57 Å². The number of carbonyl (C=O) groups excluding carboxylic acids is 1. The van der Waals surface area contributed by atoms with Crippen molar-refractivity contribution in [1.29, 1.82) is 0 Å². The number of tetrazole rings is 1. The zero-order valence-corrected chi connectivity index (χ0v) is 10.6. The van der Waals surface area contributed by atoms with Crippen LogP contribution in [0.2, 0.25) is 0 Å². The highest BCUT2D eigenvalue weighted by atomic mass is 16.5. The van der Waals surface area contributed by atoms with E-state index in [2.05, 4.69) is 15.5 Å². The standard InChI is InChI=1S/C10H12N5O2.CH4O/c16-10(8-14-4-2-1-3-5-14)17-7-6-15-9-11-12-13-15;1-2/h1-5,9H,6-8H2;2H,1H3/q+1;. The Kier molecular flexibility index (Phi) is 6.73. The number of rotatable bonds is 5. The molecule has 2 heterocycles. The molecule has 1 N–H and O–H groups in total. The second kappa shape index (κ2) is 8.70. The Morgan fingerprint density at radius 3 is 2.68 bits per heavy atom. The molecule has 0 aliphatic rings. The highest BCUT2D eigenvalue weighted by Gasteiger charge is 2.09. The summed E-state index contributed by atoms with van der Waals surface area (Å²) in [7, 11) is 1.00. The summed E-state index contributed by atoms with van der Waals surface area (Å²) in [6.45, 7) is 0.923. The molecule has 2 aromatic heterocycles. The van der Waals surface area contributed by atoms with E-state index in [0.717, 1.165) is 7.11 Å². The Balaban J connectivity index is 0.000000861. The van der Waals surface area contributed by atoms with Gasteiger partial charge in [0.1, 0.15) is 12.9 Å². The first kappa shape index (κ1) is 14.7. The molecule has 0 unspecified atom stereocenters. The first-order valence-electron chi connectivity index (χ1n) is 5.60. The van der Waals surface area contributed by atoms with Crippen molar-refractivity contribution in [2.24, 2.45) is 0 Å². The minimum Gasteiger partial charge on any atom is -0.459 e. The lowest BCUT2D eigenvalue weighted by atomic mass is 10.5. The molecule has 0 aliphatic carbocycles. The van der Waals surface area contributed by atoms with E-state index in [4.69, 9.17) is 9.84 Å². The Labute approximate surface area is 110 Å². The summed E-state index contributed by atoms with van der Waals surface area (Å²) in [4.78, 5) is 11.4. The van der Waals surface area contributed by atoms with Crippen molar-refractivity contribution in [3.63, 3.8) is 0 Å². The van der Waals surface area contributed by atoms with Crippen LogP contribution in [-0.2, 0) is 22.6 Å². The van der Waals surface area contributed by atoms with Crippen LogP contribution in [0.3, 0.4) is 0 Å². The molecule has 0 saturated carbocycles. The van der Waals surface area contributed by atoms with Gasteiger partial charge < -0.3 is 9.84 Å². The van der Waals surface area contributed by atoms with Gasteiger partial charge in [0.05, 0.1) is 6.54 Å². The maximum absolute atomic E-state index is 11.4. The van der Waals surface area contributed by atoms with Crippen molar-refractivity contribution in [2.45, 2.75) is 13.1 Å². The van der Waals surface area contributed by atoms with Gasteiger partial charge in [-0.15, -0.1) is 5.10 Å². The summed E-state index contributed by atoms with van der Waals surface area (Å²) in [6, 6.07) is 5.60. The van der Waals surface area contributed by atoms with E-state index in [-0.39, 0.29) is 19.1 Å². The third-order valence-corrected chi connectivity index (χ3v) is 2.06. The molecule has 0 atom stereocenters. The summed E-state index contributed by atoms with van der Waals surface area (Å²) in [5, 5.41) is 17.6. The van der Waals surface area contributed by atoms with Crippen LogP contribution in [0.4, 0.5) is 0 Å². The Morgan fingerprint density at radius 1 is 1.32 bits per heavy atom. The van der Waals surface area contributed by atoms with E-state index < -0.39 is 0 Å². The molecule has 8 nitrogen and oxygen atoms in total. The van der Waals surface area contributed by atoms with Gasteiger partial charge in [-0.25, -0.2) is 9.48 Å². The molecule has 102 valence electrons. The van der Waals surface area contributed by atoms with Gasteiger partial charge in [-0.2, -0.15) is 4.57 Å². The lowest BCUT2D eigenvalue weighted by molar-refractivity contribution is -0.686. The van der Waals surface area contributed by atoms with E-state index in [1.54, 1.807) is 4.57 Å². The van der Waals surface area contributed by atoms with E-state index >= 15 is 0 Å². The van der Waals surface area contributed by atoms with Crippen LogP contribution in [0.15, 0.2) is 36.9 Å². The highest BCUT2D eigenvalue weighted by molar-refractivity contribution is 5.67. The molecule has 0 saturated heterocycles. The maximum Gasteiger partial charge on any atom is 0.372 e. The minimum absolute atomic E-state index is 0.205. The predicted molar refractivity (Wildman–Crippen MR) is 63.6 cm³/mol. The zero-order valence-electron chi connectivity index (χ0n) is 10.6. The van der Waals surface area contributed by atoms with Crippen molar-refractivity contribution in [2.75, 3.05) is 13.7 Å². The summed E-state index contributed by atoms with van der Waals surface area (Å²) in [6.07, 6.45) is 5.09. The van der Waals surface area contributed by atoms with Gasteiger partial charge >= 0.3 is 5.97 Å².